The van der Waals surface area contributed by atoms with Crippen molar-refractivity contribution in [2.75, 3.05) is 17.7 Å². The minimum atomic E-state index is -0.600. The van der Waals surface area contributed by atoms with Crippen LogP contribution in [0.3, 0.4) is 0 Å². The number of hydrogen-bond donors (Lipinski definition) is 2. The molecule has 1 amide bonds. The van der Waals surface area contributed by atoms with Gasteiger partial charge in [0.05, 0.1) is 33.9 Å². The van der Waals surface area contributed by atoms with Crippen molar-refractivity contribution in [3.63, 3.8) is 0 Å². The van der Waals surface area contributed by atoms with E-state index in [4.69, 9.17) is 4.74 Å². The van der Waals surface area contributed by atoms with Gasteiger partial charge in [0.2, 0.25) is 5.91 Å². The molecule has 0 spiro atoms. The molecule has 0 radical (unpaired) electrons. The standard InChI is InChI=1S/C26H25N3O3S/c1-4-13-32-26(31)23-18(3)28-25(21(15-27)24(23)19-10-6-5-7-11-19)33-16-22(30)29-20-12-8-9-17(2)14-20/h4-12,14,24,28H,1,13,16H2,2-3H3,(H,29,30)/t24-/m0/s1. The summed E-state index contributed by atoms with van der Waals surface area (Å²) in [7, 11) is 0. The third-order valence-electron chi connectivity index (χ3n) is 4.98. The third kappa shape index (κ3) is 5.93. The largest absolute Gasteiger partial charge is 0.458 e. The number of allylic oxidation sites excluding steroid dienone is 2. The maximum Gasteiger partial charge on any atom is 0.337 e. The number of dihydropyridines is 1. The van der Waals surface area contributed by atoms with Crippen LogP contribution in [-0.4, -0.2) is 24.2 Å². The lowest BCUT2D eigenvalue weighted by atomic mass is 9.82. The Hall–Kier alpha value is -3.76. The van der Waals surface area contributed by atoms with Crippen molar-refractivity contribution >= 4 is 29.3 Å². The molecule has 0 fully saturated rings. The number of rotatable bonds is 8. The Balaban J connectivity index is 1.87. The van der Waals surface area contributed by atoms with E-state index in [9.17, 15) is 14.9 Å². The van der Waals surface area contributed by atoms with Crippen LogP contribution in [0.15, 0.2) is 89.1 Å². The summed E-state index contributed by atoms with van der Waals surface area (Å²) in [4.78, 5) is 25.4. The SMILES string of the molecule is C=CCOC(=O)C1=C(C)NC(SCC(=O)Nc2cccc(C)c2)=C(C#N)[C@@H]1c1ccccc1. The van der Waals surface area contributed by atoms with Crippen LogP contribution in [0.1, 0.15) is 24.0 Å². The summed E-state index contributed by atoms with van der Waals surface area (Å²) in [6.07, 6.45) is 1.50. The molecule has 7 heteroatoms. The molecule has 2 aromatic carbocycles. The molecule has 0 saturated heterocycles. The zero-order valence-electron chi connectivity index (χ0n) is 18.6. The van der Waals surface area contributed by atoms with Crippen molar-refractivity contribution in [1.82, 2.24) is 5.32 Å². The van der Waals surface area contributed by atoms with E-state index in [1.165, 1.54) is 17.8 Å². The van der Waals surface area contributed by atoms with E-state index in [-0.39, 0.29) is 18.3 Å². The van der Waals surface area contributed by atoms with Crippen molar-refractivity contribution in [2.24, 2.45) is 0 Å². The van der Waals surface area contributed by atoms with E-state index >= 15 is 0 Å². The van der Waals surface area contributed by atoms with Crippen LogP contribution >= 0.6 is 11.8 Å². The molecule has 0 aliphatic carbocycles. The van der Waals surface area contributed by atoms with Gasteiger partial charge in [-0.05, 0) is 37.1 Å². The Morgan fingerprint density at radius 1 is 1.21 bits per heavy atom. The number of nitriles is 1. The van der Waals surface area contributed by atoms with Gasteiger partial charge in [-0.25, -0.2) is 4.79 Å². The summed E-state index contributed by atoms with van der Waals surface area (Å²) < 4.78 is 5.30. The predicted molar refractivity (Wildman–Crippen MR) is 131 cm³/mol. The molecule has 33 heavy (non-hydrogen) atoms. The fourth-order valence-electron chi connectivity index (χ4n) is 3.55. The van der Waals surface area contributed by atoms with Crippen LogP contribution in [0.4, 0.5) is 5.69 Å². The summed E-state index contributed by atoms with van der Waals surface area (Å²) in [5, 5.41) is 16.6. The Labute approximate surface area is 198 Å². The molecule has 0 bridgehead atoms. The predicted octanol–water partition coefficient (Wildman–Crippen LogP) is 4.79. The van der Waals surface area contributed by atoms with Crippen molar-refractivity contribution < 1.29 is 14.3 Å². The van der Waals surface area contributed by atoms with Gasteiger partial charge in [0.15, 0.2) is 0 Å². The monoisotopic (exact) mass is 459 g/mol. The molecule has 1 aliphatic heterocycles. The molecule has 1 aliphatic rings. The van der Waals surface area contributed by atoms with Crippen LogP contribution in [0.25, 0.3) is 0 Å². The number of esters is 1. The molecular formula is C26H25N3O3S. The molecule has 168 valence electrons. The van der Waals surface area contributed by atoms with Crippen molar-refractivity contribution in [3.05, 3.63) is 100 Å². The number of aryl methyl sites for hydroxylation is 1. The van der Waals surface area contributed by atoms with Gasteiger partial charge in [0.25, 0.3) is 0 Å². The molecule has 0 unspecified atom stereocenters. The minimum absolute atomic E-state index is 0.0729. The zero-order chi connectivity index (χ0) is 23.8. The summed E-state index contributed by atoms with van der Waals surface area (Å²) in [6.45, 7) is 7.37. The highest BCUT2D eigenvalue weighted by Crippen LogP contribution is 2.40. The average Bonchev–Trinajstić information content (AvgIpc) is 2.81. The zero-order valence-corrected chi connectivity index (χ0v) is 19.4. The Bertz CT molecular complexity index is 1160. The van der Waals surface area contributed by atoms with Crippen LogP contribution in [0.2, 0.25) is 0 Å². The Kier molecular flexibility index (Phi) is 8.11. The summed E-state index contributed by atoms with van der Waals surface area (Å²) in [5.41, 5.74) is 3.88. The topological polar surface area (TPSA) is 91.2 Å². The summed E-state index contributed by atoms with van der Waals surface area (Å²) >= 11 is 1.23. The molecule has 6 nitrogen and oxygen atoms in total. The number of thioether (sulfide) groups is 1. The second-order valence-electron chi connectivity index (χ2n) is 7.46. The summed E-state index contributed by atoms with van der Waals surface area (Å²) in [6, 6.07) is 19.1. The van der Waals surface area contributed by atoms with Crippen LogP contribution < -0.4 is 10.6 Å². The highest BCUT2D eigenvalue weighted by Gasteiger charge is 2.35. The van der Waals surface area contributed by atoms with E-state index in [2.05, 4.69) is 23.3 Å². The van der Waals surface area contributed by atoms with E-state index < -0.39 is 11.9 Å². The fourth-order valence-corrected chi connectivity index (χ4v) is 4.44. The minimum Gasteiger partial charge on any atom is -0.458 e. The average molecular weight is 460 g/mol. The molecule has 2 N–H and O–H groups in total. The maximum atomic E-state index is 12.8. The number of nitrogens with one attached hydrogen (secondary N) is 2. The maximum absolute atomic E-state index is 12.8. The van der Waals surface area contributed by atoms with Crippen LogP contribution in [-0.2, 0) is 14.3 Å². The number of ether oxygens (including phenoxy) is 1. The van der Waals surface area contributed by atoms with Gasteiger partial charge in [-0.1, -0.05) is 66.9 Å². The normalized spacial score (nSPS) is 15.4. The molecule has 1 atom stereocenters. The van der Waals surface area contributed by atoms with E-state index in [0.717, 1.165) is 16.8 Å². The summed E-state index contributed by atoms with van der Waals surface area (Å²) in [5.74, 6) is -1.20. The number of hydrogen-bond acceptors (Lipinski definition) is 6. The van der Waals surface area contributed by atoms with Crippen LogP contribution in [0.5, 0.6) is 0 Å². The molecule has 0 aromatic heterocycles. The van der Waals surface area contributed by atoms with Crippen molar-refractivity contribution in [3.8, 4) is 6.07 Å². The molecule has 3 rings (SSSR count). The number of amides is 1. The van der Waals surface area contributed by atoms with Crippen molar-refractivity contribution in [2.45, 2.75) is 19.8 Å². The van der Waals surface area contributed by atoms with Gasteiger partial charge >= 0.3 is 5.97 Å². The molecular weight excluding hydrogens is 434 g/mol. The van der Waals surface area contributed by atoms with Gasteiger partial charge in [0, 0.05) is 11.4 Å². The van der Waals surface area contributed by atoms with Gasteiger partial charge in [-0.3, -0.25) is 4.79 Å². The third-order valence-corrected chi connectivity index (χ3v) is 6.00. The first-order chi connectivity index (χ1) is 15.9. The van der Waals surface area contributed by atoms with Gasteiger partial charge in [-0.15, -0.1) is 0 Å². The second-order valence-corrected chi connectivity index (χ2v) is 8.44. The molecule has 1 heterocycles. The van der Waals surface area contributed by atoms with Crippen LogP contribution in [0, 0.1) is 18.3 Å². The highest BCUT2D eigenvalue weighted by atomic mass is 32.2. The lowest BCUT2D eigenvalue weighted by Gasteiger charge is -2.29. The lowest BCUT2D eigenvalue weighted by Crippen LogP contribution is -2.29. The van der Waals surface area contributed by atoms with Crippen molar-refractivity contribution in [1.29, 1.82) is 5.26 Å². The highest BCUT2D eigenvalue weighted by molar-refractivity contribution is 8.03. The number of nitrogens with zero attached hydrogens (tertiary/aromatic N) is 1. The van der Waals surface area contributed by atoms with Gasteiger partial charge < -0.3 is 15.4 Å². The number of benzene rings is 2. The first-order valence-corrected chi connectivity index (χ1v) is 11.4. The van der Waals surface area contributed by atoms with Gasteiger partial charge in [0.1, 0.15) is 6.61 Å². The van der Waals surface area contributed by atoms with E-state index in [1.807, 2.05) is 61.5 Å². The number of carbonyl (C=O) groups excluding carboxylic acids is 2. The molecule has 0 saturated carbocycles. The van der Waals surface area contributed by atoms with E-state index in [1.54, 1.807) is 6.92 Å². The van der Waals surface area contributed by atoms with E-state index in [0.29, 0.717) is 21.9 Å². The Morgan fingerprint density at radius 2 is 1.97 bits per heavy atom. The quantitative estimate of drug-likeness (QED) is 0.436. The smallest absolute Gasteiger partial charge is 0.337 e. The number of carbonyl (C=O) groups is 2. The van der Waals surface area contributed by atoms with Gasteiger partial charge in [-0.2, -0.15) is 5.26 Å². The Morgan fingerprint density at radius 3 is 2.64 bits per heavy atom. The fraction of sp³-hybridized carbons (Fsp3) is 0.192. The first kappa shape index (κ1) is 23.9. The second kappa shape index (κ2) is 11.2. The molecule has 2 aromatic rings. The first-order valence-electron chi connectivity index (χ1n) is 10.4. The lowest BCUT2D eigenvalue weighted by molar-refractivity contribution is -0.138. The number of anilines is 1.